The normalized spacial score (nSPS) is 13.8. The van der Waals surface area contributed by atoms with Crippen molar-refractivity contribution in [3.8, 4) is 0 Å². The van der Waals surface area contributed by atoms with E-state index in [0.717, 1.165) is 109 Å². The molecular weight excluding hydrogens is 799 g/mol. The fourth-order valence-corrected chi connectivity index (χ4v) is 6.57. The maximum absolute atomic E-state index is 12.8. The average Bonchev–Trinajstić information content (AvgIpc) is 3.26. The van der Waals surface area contributed by atoms with Gasteiger partial charge in [-0.25, -0.2) is 4.79 Å². The van der Waals surface area contributed by atoms with Gasteiger partial charge in [0.2, 0.25) is 0 Å². The average molecular weight is 891 g/mol. The van der Waals surface area contributed by atoms with Gasteiger partial charge in [0.1, 0.15) is 6.61 Å². The number of rotatable bonds is 43. The number of quaternary nitrogens is 1. The van der Waals surface area contributed by atoms with Crippen molar-refractivity contribution in [3.63, 3.8) is 0 Å². The summed E-state index contributed by atoms with van der Waals surface area (Å²) in [5, 5.41) is 9.65. The third-order valence-electron chi connectivity index (χ3n) is 10.4. The van der Waals surface area contributed by atoms with Gasteiger partial charge in [-0.2, -0.15) is 0 Å². The molecule has 0 spiro atoms. The van der Waals surface area contributed by atoms with Gasteiger partial charge in [0, 0.05) is 19.3 Å². The van der Waals surface area contributed by atoms with E-state index in [2.05, 4.69) is 123 Å². The van der Waals surface area contributed by atoms with Gasteiger partial charge in [-0.15, -0.1) is 0 Å². The smallest absolute Gasteiger partial charge is 0.362 e. The molecule has 2 atom stereocenters. The molecule has 64 heavy (non-hydrogen) atoms. The number of likely N-dealkylation sites (N-methyl/N-ethyl adjacent to an activating group) is 1. The van der Waals surface area contributed by atoms with Gasteiger partial charge in [-0.3, -0.25) is 9.59 Å². The van der Waals surface area contributed by atoms with Crippen LogP contribution < -0.4 is 0 Å². The topological polar surface area (TPSA) is 99.1 Å². The quantitative estimate of drug-likeness (QED) is 0.0282. The van der Waals surface area contributed by atoms with Crippen LogP contribution in [0.3, 0.4) is 0 Å². The largest absolute Gasteiger partial charge is 0.477 e. The molecule has 0 aliphatic rings. The first kappa shape index (κ1) is 60.0. The minimum absolute atomic E-state index is 0.0337. The van der Waals surface area contributed by atoms with Crippen LogP contribution in [0.25, 0.3) is 0 Å². The van der Waals surface area contributed by atoms with Crippen LogP contribution in [-0.2, 0) is 28.6 Å². The monoisotopic (exact) mass is 891 g/mol. The number of ether oxygens (including phenoxy) is 3. The molecule has 0 saturated heterocycles. The second kappa shape index (κ2) is 45.6. The third-order valence-corrected chi connectivity index (χ3v) is 10.4. The summed E-state index contributed by atoms with van der Waals surface area (Å²) in [4.78, 5) is 37.1. The molecule has 2 unspecified atom stereocenters. The van der Waals surface area contributed by atoms with Crippen LogP contribution in [0.1, 0.15) is 174 Å². The number of nitrogens with zero attached hydrogens (tertiary/aromatic N) is 1. The molecule has 0 aromatic rings. The highest BCUT2D eigenvalue weighted by Gasteiger charge is 2.31. The van der Waals surface area contributed by atoms with Crippen LogP contribution in [-0.4, -0.2) is 80.6 Å². The summed E-state index contributed by atoms with van der Waals surface area (Å²) < 4.78 is 17.3. The Morgan fingerprint density at radius 1 is 0.484 bits per heavy atom. The van der Waals surface area contributed by atoms with Gasteiger partial charge in [0.15, 0.2) is 12.1 Å². The van der Waals surface area contributed by atoms with Crippen LogP contribution in [0.4, 0.5) is 0 Å². The predicted octanol–water partition coefficient (Wildman–Crippen LogP) is 14.4. The summed E-state index contributed by atoms with van der Waals surface area (Å²) in [5.41, 5.74) is 0. The van der Waals surface area contributed by atoms with E-state index in [0.29, 0.717) is 19.3 Å². The predicted molar refractivity (Wildman–Crippen MR) is 270 cm³/mol. The lowest BCUT2D eigenvalue weighted by molar-refractivity contribution is -0.887. The van der Waals surface area contributed by atoms with Crippen LogP contribution >= 0.6 is 0 Å². The number of esters is 2. The van der Waals surface area contributed by atoms with E-state index in [1.54, 1.807) is 0 Å². The molecule has 8 nitrogen and oxygen atoms in total. The van der Waals surface area contributed by atoms with Crippen molar-refractivity contribution in [1.29, 1.82) is 0 Å². The van der Waals surface area contributed by atoms with Crippen molar-refractivity contribution in [2.24, 2.45) is 0 Å². The van der Waals surface area contributed by atoms with Crippen LogP contribution in [0.15, 0.2) is 109 Å². The Balaban J connectivity index is 4.40. The second-order valence-electron chi connectivity index (χ2n) is 17.3. The first-order valence-electron chi connectivity index (χ1n) is 24.9. The Morgan fingerprint density at radius 2 is 0.875 bits per heavy atom. The zero-order chi connectivity index (χ0) is 47.0. The van der Waals surface area contributed by atoms with E-state index < -0.39 is 18.1 Å². The summed E-state index contributed by atoms with van der Waals surface area (Å²) in [5.74, 6) is -1.55. The number of allylic oxidation sites excluding steroid dienone is 18. The van der Waals surface area contributed by atoms with E-state index in [1.807, 2.05) is 21.1 Å². The van der Waals surface area contributed by atoms with Crippen molar-refractivity contribution in [3.05, 3.63) is 109 Å². The number of carboxylic acid groups (broad SMARTS) is 1. The minimum Gasteiger partial charge on any atom is -0.477 e. The first-order valence-corrected chi connectivity index (χ1v) is 24.9. The minimum atomic E-state index is -0.888. The van der Waals surface area contributed by atoms with E-state index in [9.17, 15) is 19.5 Å². The molecule has 1 N–H and O–H groups in total. The number of hydrogen-bond acceptors (Lipinski definition) is 6. The molecular formula is C56H92NO7+. The first-order chi connectivity index (χ1) is 31.1. The summed E-state index contributed by atoms with van der Waals surface area (Å²) in [6.07, 6.45) is 62.8. The van der Waals surface area contributed by atoms with Crippen molar-refractivity contribution in [2.75, 3.05) is 41.0 Å². The maximum Gasteiger partial charge on any atom is 0.362 e. The number of aliphatic carboxylic acids is 1. The van der Waals surface area contributed by atoms with Crippen LogP contribution in [0.2, 0.25) is 0 Å². The molecule has 0 saturated carbocycles. The van der Waals surface area contributed by atoms with E-state index in [1.165, 1.54) is 25.7 Å². The Labute approximate surface area is 391 Å². The fourth-order valence-electron chi connectivity index (χ4n) is 6.57. The summed E-state index contributed by atoms with van der Waals surface area (Å²) in [6.45, 7) is 4.52. The lowest BCUT2D eigenvalue weighted by Crippen LogP contribution is -2.50. The summed E-state index contributed by atoms with van der Waals surface area (Å²) in [6, 6.07) is -0.632. The Kier molecular flexibility index (Phi) is 42.7. The molecule has 8 heteroatoms. The highest BCUT2D eigenvalue weighted by Crippen LogP contribution is 2.12. The number of carboxylic acids is 1. The molecule has 0 radical (unpaired) electrons. The van der Waals surface area contributed by atoms with E-state index in [-0.39, 0.29) is 42.7 Å². The number of unbranched alkanes of at least 4 members (excludes halogenated alkanes) is 11. The Morgan fingerprint density at radius 3 is 1.31 bits per heavy atom. The van der Waals surface area contributed by atoms with Crippen molar-refractivity contribution in [2.45, 2.75) is 187 Å². The second-order valence-corrected chi connectivity index (χ2v) is 17.3. The SMILES string of the molecule is CC/C=C/C/C=C/C/C=C/C/C=C/C/C=C/CCCCCC(=O)OC(COCCC(C(=O)O)[N+](C)(C)C)COC(=O)CCCCCCC/C=C/C/C=C/C/C=C/C/C=C/CCCCC. The van der Waals surface area contributed by atoms with Crippen LogP contribution in [0.5, 0.6) is 0 Å². The van der Waals surface area contributed by atoms with Gasteiger partial charge >= 0.3 is 17.9 Å². The highest BCUT2D eigenvalue weighted by molar-refractivity contribution is 5.72. The Bertz CT molecular complexity index is 1410. The van der Waals surface area contributed by atoms with E-state index >= 15 is 0 Å². The molecule has 0 aromatic heterocycles. The molecule has 0 aliphatic heterocycles. The lowest BCUT2D eigenvalue weighted by Gasteiger charge is -2.31. The molecule has 0 aromatic carbocycles. The van der Waals surface area contributed by atoms with Gasteiger partial charge in [-0.1, -0.05) is 162 Å². The van der Waals surface area contributed by atoms with Crippen LogP contribution in [0, 0.1) is 0 Å². The third kappa shape index (κ3) is 43.3. The van der Waals surface area contributed by atoms with Crippen molar-refractivity contribution in [1.82, 2.24) is 0 Å². The van der Waals surface area contributed by atoms with Crippen molar-refractivity contribution < 1.29 is 38.2 Å². The van der Waals surface area contributed by atoms with Gasteiger partial charge in [0.25, 0.3) is 0 Å². The number of hydrogen-bond donors (Lipinski definition) is 1. The molecule has 0 fully saturated rings. The summed E-state index contributed by atoms with van der Waals surface area (Å²) >= 11 is 0. The number of carbonyl (C=O) groups excluding carboxylic acids is 2. The molecule has 0 rings (SSSR count). The highest BCUT2D eigenvalue weighted by atomic mass is 16.6. The molecule has 0 aliphatic carbocycles. The molecule has 0 amide bonds. The lowest BCUT2D eigenvalue weighted by atomic mass is 10.1. The zero-order valence-electron chi connectivity index (χ0n) is 41.2. The van der Waals surface area contributed by atoms with Gasteiger partial charge < -0.3 is 23.8 Å². The van der Waals surface area contributed by atoms with Crippen molar-refractivity contribution >= 4 is 17.9 Å². The Hall–Kier alpha value is -4.01. The fraction of sp³-hybridized carbons (Fsp3) is 0.625. The van der Waals surface area contributed by atoms with Gasteiger partial charge in [0.05, 0.1) is 34.4 Å². The van der Waals surface area contributed by atoms with Gasteiger partial charge in [-0.05, 0) is 103 Å². The number of carbonyl (C=O) groups is 3. The molecule has 362 valence electrons. The van der Waals surface area contributed by atoms with E-state index in [4.69, 9.17) is 14.2 Å². The maximum atomic E-state index is 12.8. The zero-order valence-corrected chi connectivity index (χ0v) is 41.2. The standard InChI is InChI=1S/C56H91NO7/c1-6-8-10-12-14-16-18-20-22-24-26-27-29-30-32-34-36-38-40-42-44-46-54(58)63-51-52(50-62-49-48-53(56(60)61)57(3,4)5)64-55(59)47-45-43-41-39-37-35-33-31-28-25-23-21-19-17-15-13-11-9-7-2/h9,11,14-17,20-23,26-28,30-32,35,37,52-53H,6-8,10,12-13,18-19,24-25,29,33-34,36,38-51H2,1-5H3/p+1/b11-9+,16-14+,17-15+,22-20+,23-21+,27-26+,31-28+,32-30+,37-35+. The molecule has 0 heterocycles. The summed E-state index contributed by atoms with van der Waals surface area (Å²) in [7, 11) is 5.50. The molecule has 0 bridgehead atoms.